The summed E-state index contributed by atoms with van der Waals surface area (Å²) in [6, 6.07) is 41.4. The van der Waals surface area contributed by atoms with E-state index in [4.69, 9.17) is 75.3 Å². The van der Waals surface area contributed by atoms with Crippen molar-refractivity contribution in [1.82, 2.24) is 80.0 Å². The molecule has 17 rings (SSSR count). The van der Waals surface area contributed by atoms with E-state index in [0.29, 0.717) is 56.5 Å². The number of rotatable bonds is 7. The second kappa shape index (κ2) is 43.0. The summed E-state index contributed by atoms with van der Waals surface area (Å²) >= 11 is 49.5. The van der Waals surface area contributed by atoms with E-state index >= 15 is 0 Å². The Morgan fingerprint density at radius 1 is 0.427 bits per heavy atom. The van der Waals surface area contributed by atoms with Gasteiger partial charge in [0, 0.05) is 110 Å². The quantitative estimate of drug-likeness (QED) is 0.0374. The third-order valence-corrected chi connectivity index (χ3v) is 20.7. The Hall–Kier alpha value is -9.18. The van der Waals surface area contributed by atoms with E-state index in [0.717, 1.165) is 169 Å². The van der Waals surface area contributed by atoms with Crippen molar-refractivity contribution in [2.45, 2.75) is 124 Å². The molecular formula is C82H87Cl9N21O4P. The Balaban J connectivity index is 0.000000147. The van der Waals surface area contributed by atoms with Gasteiger partial charge < -0.3 is 46.0 Å². The molecule has 0 aliphatic carbocycles. The van der Waals surface area contributed by atoms with E-state index in [-0.39, 0.29) is 27.5 Å². The van der Waals surface area contributed by atoms with E-state index in [1.54, 1.807) is 49.3 Å². The van der Waals surface area contributed by atoms with Crippen LogP contribution in [-0.4, -0.2) is 107 Å². The van der Waals surface area contributed by atoms with E-state index in [1.807, 2.05) is 53.4 Å². The van der Waals surface area contributed by atoms with E-state index in [1.165, 1.54) is 42.0 Å². The van der Waals surface area contributed by atoms with Crippen LogP contribution < -0.4 is 47.7 Å². The second-order valence-electron chi connectivity index (χ2n) is 29.0. The molecule has 5 aliphatic rings. The number of anilines is 6. The standard InChI is InChI=1S/C22H24ClN5.C14H15N3O.C12H10Cl2N4.C12H11ClN4O.C10H15N.C7H9N3O.C5H3Cl2N.Cl3OP/c1-22(2,3)15-6-8-16(9-7-15)27-20-17-10-12-28(13-19(17)25-14-26-20)21-18(23)5-4-11-24-21;18-14-12-6-7-17(9-13(12)15-10-16-14)8-11-4-2-1-3-5-11;13-9-2-1-4-15-12(9)18-5-3-8-10(6-18)16-7-17-11(8)14;13-9-2-1-4-14-11(9)17-5-3-8-10(6-17)15-7-16-12(8)18;1-10(2,3)8-4-6-9(11)7-5-8;11-7-5-1-2-8-3-6(5)9-4-10-7;6-4-2-1-3-8-5(4)7;1-5(2,3)4/h4-9,11,14H,10,12-13H2,1-3H3,(H,25,26,27);1-5,10H,6-9H2,(H,15,16,18);1-2,4,7H,3,5-6H2;1-2,4,7H,3,5-6H2,(H,15,16,18);4-7H,11H2,1-3H3;4,8H,1-3H2,(H,9,10,11);1-3H;. The van der Waals surface area contributed by atoms with Gasteiger partial charge in [0.15, 0.2) is 0 Å². The van der Waals surface area contributed by atoms with Gasteiger partial charge in [-0.2, -0.15) is 0 Å². The molecular weight excluding hydrogens is 1690 g/mol. The summed E-state index contributed by atoms with van der Waals surface area (Å²) in [6.45, 7) is 21.7. The molecule has 117 heavy (non-hydrogen) atoms. The molecule has 0 atom stereocenters. The number of nitrogens with one attached hydrogen (secondary N) is 5. The number of nitrogen functional groups attached to an aromatic ring is 1. The summed E-state index contributed by atoms with van der Waals surface area (Å²) in [6.07, 6.45) is 18.2. The van der Waals surface area contributed by atoms with Gasteiger partial charge in [-0.15, -0.1) is 0 Å². The first kappa shape index (κ1) is 90.2. The average molecular weight is 1780 g/mol. The summed E-state index contributed by atoms with van der Waals surface area (Å²) in [7, 11) is 0. The normalized spacial score (nSPS) is 13.9. The fourth-order valence-electron chi connectivity index (χ4n) is 12.7. The highest BCUT2D eigenvalue weighted by atomic mass is 36.0. The number of hydrogen-bond acceptors (Lipinski definition) is 22. The third-order valence-electron chi connectivity index (χ3n) is 18.8. The van der Waals surface area contributed by atoms with Crippen LogP contribution in [0.4, 0.5) is 34.6 Å². The smallest absolute Gasteiger partial charge is 0.339 e. The lowest BCUT2D eigenvalue weighted by atomic mass is 9.87. The highest BCUT2D eigenvalue weighted by molar-refractivity contribution is 8.24. The van der Waals surface area contributed by atoms with Crippen molar-refractivity contribution in [3.05, 3.63) is 318 Å². The lowest BCUT2D eigenvalue weighted by Gasteiger charge is -2.30. The molecule has 35 heteroatoms. The minimum atomic E-state index is -3.22. The van der Waals surface area contributed by atoms with Gasteiger partial charge in [-0.25, -0.2) is 54.8 Å². The maximum atomic E-state index is 11.6. The van der Waals surface area contributed by atoms with Crippen molar-refractivity contribution in [2.75, 3.05) is 58.5 Å². The molecule has 12 aromatic rings. The van der Waals surface area contributed by atoms with Crippen LogP contribution in [0, 0.1) is 0 Å². The number of hydrogen-bond donors (Lipinski definition) is 6. The van der Waals surface area contributed by atoms with E-state index in [9.17, 15) is 18.9 Å². The molecule has 0 saturated carbocycles. The summed E-state index contributed by atoms with van der Waals surface area (Å²) in [5, 5.41) is 6.73. The second-order valence-corrected chi connectivity index (χ2v) is 38.0. The Labute approximate surface area is 722 Å². The Bertz CT molecular complexity index is 5480. The first-order chi connectivity index (χ1) is 55.9. The monoisotopic (exact) mass is 1780 g/mol. The first-order valence-electron chi connectivity index (χ1n) is 37.1. The number of aromatic nitrogens is 14. The van der Waals surface area contributed by atoms with Crippen molar-refractivity contribution in [2.24, 2.45) is 0 Å². The van der Waals surface area contributed by atoms with Crippen LogP contribution in [0.2, 0.25) is 30.4 Å². The minimum Gasteiger partial charge on any atom is -0.399 e. The zero-order chi connectivity index (χ0) is 83.8. The molecule has 5 aliphatic heterocycles. The molecule has 7 N–H and O–H groups in total. The SMILES string of the molecule is CC(C)(C)c1ccc(N)cc1.CC(C)(C)c1ccc(Nc2ncnc3c2CCN(c2ncccc2Cl)C3)cc1.Clc1cccnc1Cl.Clc1cccnc1N1CCc2c(Cl)ncnc2C1.O=P(Cl)(Cl)Cl.O=c1[nH]cnc2c1CCN(Cc1ccccc1)C2.O=c1[nH]cnc2c1CCN(c1ncccc1Cl)C2.O=c1[nH]cnc2c1CCNC2. The number of benzene rings is 3. The van der Waals surface area contributed by atoms with Gasteiger partial charge in [-0.3, -0.25) is 23.8 Å². The van der Waals surface area contributed by atoms with Crippen molar-refractivity contribution < 1.29 is 4.57 Å². The number of H-pyrrole nitrogens is 3. The Morgan fingerprint density at radius 2 is 0.838 bits per heavy atom. The predicted octanol–water partition coefficient (Wildman–Crippen LogP) is 17.8. The van der Waals surface area contributed by atoms with Crippen LogP contribution in [0.15, 0.2) is 198 Å². The van der Waals surface area contributed by atoms with Gasteiger partial charge in [0.2, 0.25) is 0 Å². The minimum absolute atomic E-state index is 0.0106. The summed E-state index contributed by atoms with van der Waals surface area (Å²) in [5.41, 5.74) is 20.9. The van der Waals surface area contributed by atoms with E-state index < -0.39 is 5.20 Å². The topological polar surface area (TPSA) is 320 Å². The maximum absolute atomic E-state index is 11.6. The van der Waals surface area contributed by atoms with Crippen molar-refractivity contribution in [1.29, 1.82) is 0 Å². The van der Waals surface area contributed by atoms with Crippen molar-refractivity contribution >= 4 is 143 Å². The molecule has 3 aromatic carbocycles. The molecule has 612 valence electrons. The van der Waals surface area contributed by atoms with Gasteiger partial charge in [0.25, 0.3) is 16.7 Å². The molecule has 0 saturated heterocycles. The van der Waals surface area contributed by atoms with Crippen molar-refractivity contribution in [3.8, 4) is 0 Å². The number of nitrogens with zero attached hydrogens (tertiary/aromatic N) is 15. The molecule has 0 bridgehead atoms. The largest absolute Gasteiger partial charge is 0.399 e. The van der Waals surface area contributed by atoms with Gasteiger partial charge >= 0.3 is 5.20 Å². The number of fused-ring (bicyclic) bond motifs is 5. The van der Waals surface area contributed by atoms with Crippen molar-refractivity contribution in [3.63, 3.8) is 0 Å². The van der Waals surface area contributed by atoms with Crippen LogP contribution in [0.25, 0.3) is 0 Å². The van der Waals surface area contributed by atoms with Gasteiger partial charge in [-0.05, 0) is 173 Å². The molecule has 0 spiro atoms. The van der Waals surface area contributed by atoms with E-state index in [2.05, 4.69) is 231 Å². The van der Waals surface area contributed by atoms with Gasteiger partial charge in [-0.1, -0.05) is 166 Å². The Kier molecular flexibility index (Phi) is 33.1. The fraction of sp³-hybridized carbons (Fsp3) is 0.293. The van der Waals surface area contributed by atoms with Crippen LogP contribution >= 0.6 is 109 Å². The zero-order valence-corrected chi connectivity index (χ0v) is 72.6. The number of nitrogens with two attached hydrogens (primary N) is 1. The summed E-state index contributed by atoms with van der Waals surface area (Å²) < 4.78 is 9.51. The number of halogens is 9. The maximum Gasteiger partial charge on any atom is 0.339 e. The molecule has 0 fully saturated rings. The Morgan fingerprint density at radius 3 is 1.30 bits per heavy atom. The number of aromatic amines is 3. The third kappa shape index (κ3) is 27.2. The zero-order valence-electron chi connectivity index (χ0n) is 64.9. The van der Waals surface area contributed by atoms with Crippen LogP contribution in [-0.2, 0) is 86.8 Å². The highest BCUT2D eigenvalue weighted by Crippen LogP contribution is 2.61. The molecule has 0 radical (unpaired) electrons. The fourth-order valence-corrected chi connectivity index (χ4v) is 14.0. The van der Waals surface area contributed by atoms with Gasteiger partial charge in [0.1, 0.15) is 46.2 Å². The summed E-state index contributed by atoms with van der Waals surface area (Å²) in [5.74, 6) is 3.22. The van der Waals surface area contributed by atoms with Crippen LogP contribution in [0.3, 0.4) is 0 Å². The van der Waals surface area contributed by atoms with Crippen LogP contribution in [0.5, 0.6) is 0 Å². The van der Waals surface area contributed by atoms with Gasteiger partial charge in [0.05, 0.1) is 87.2 Å². The molecule has 0 unspecified atom stereocenters. The lowest BCUT2D eigenvalue weighted by Crippen LogP contribution is -2.35. The first-order valence-corrected chi connectivity index (χ1v) is 43.8. The average Bonchev–Trinajstić information content (AvgIpc) is 0.801. The van der Waals surface area contributed by atoms with Crippen LogP contribution in [0.1, 0.15) is 115 Å². The predicted molar refractivity (Wildman–Crippen MR) is 473 cm³/mol. The summed E-state index contributed by atoms with van der Waals surface area (Å²) in [4.78, 5) is 97.4. The highest BCUT2D eigenvalue weighted by Gasteiger charge is 2.27. The lowest BCUT2D eigenvalue weighted by molar-refractivity contribution is 0.240. The molecule has 25 nitrogen and oxygen atoms in total. The molecule has 0 amide bonds. The molecule has 9 aromatic heterocycles. The number of pyridine rings is 4. The molecule has 14 heterocycles.